The standard InChI is InChI=1S/C21H30N3O7P/c1-6-23-19(26)15-11-9-10-12-16(15)24(13-17(25)30-7-2)32(23,29)21(28)22-18(14(4)5)20(27)31-8-3/h9-12,14,18H,6-8,13H2,1-5H3,(H,22,28). The number of hydrogen-bond donors (Lipinski definition) is 1. The lowest BCUT2D eigenvalue weighted by atomic mass is 10.1. The van der Waals surface area contributed by atoms with Gasteiger partial charge in [-0.15, -0.1) is 0 Å². The van der Waals surface area contributed by atoms with E-state index >= 15 is 0 Å². The Balaban J connectivity index is 2.58. The third-order valence-corrected chi connectivity index (χ3v) is 7.72. The minimum absolute atomic E-state index is 0.0526. The number of para-hydroxylation sites is 1. The number of hydrogen-bond acceptors (Lipinski definition) is 7. The normalized spacial score (nSPS) is 18.8. The van der Waals surface area contributed by atoms with Crippen molar-refractivity contribution in [1.82, 2.24) is 9.99 Å². The van der Waals surface area contributed by atoms with Crippen LogP contribution in [0.15, 0.2) is 24.3 Å². The van der Waals surface area contributed by atoms with Gasteiger partial charge in [0.1, 0.15) is 12.6 Å². The molecule has 1 aliphatic rings. The highest BCUT2D eigenvalue weighted by Gasteiger charge is 2.53. The molecule has 1 N–H and O–H groups in total. The van der Waals surface area contributed by atoms with Gasteiger partial charge in [-0.2, -0.15) is 0 Å². The lowest BCUT2D eigenvalue weighted by Gasteiger charge is -2.43. The quantitative estimate of drug-likeness (QED) is 0.434. The number of nitrogens with one attached hydrogen (secondary N) is 1. The van der Waals surface area contributed by atoms with Gasteiger partial charge in [-0.05, 0) is 38.8 Å². The average Bonchev–Trinajstić information content (AvgIpc) is 2.75. The van der Waals surface area contributed by atoms with Crippen LogP contribution >= 0.6 is 7.44 Å². The molecule has 1 heterocycles. The van der Waals surface area contributed by atoms with Gasteiger partial charge in [0.2, 0.25) is 0 Å². The smallest absolute Gasteiger partial charge is 0.351 e. The first-order valence-corrected chi connectivity index (χ1v) is 12.2. The topological polar surface area (TPSA) is 122 Å². The fourth-order valence-corrected chi connectivity index (χ4v) is 5.95. The number of anilines is 1. The Morgan fingerprint density at radius 2 is 1.66 bits per heavy atom. The Hall–Kier alpha value is -2.87. The summed E-state index contributed by atoms with van der Waals surface area (Å²) in [5, 5.41) is 2.50. The zero-order valence-corrected chi connectivity index (χ0v) is 19.9. The van der Waals surface area contributed by atoms with Gasteiger partial charge in [0.15, 0.2) is 0 Å². The molecular weight excluding hydrogens is 437 g/mol. The van der Waals surface area contributed by atoms with E-state index < -0.39 is 43.5 Å². The van der Waals surface area contributed by atoms with Crippen LogP contribution in [0.25, 0.3) is 0 Å². The molecule has 0 fully saturated rings. The number of nitrogens with zero attached hydrogens (tertiary/aromatic N) is 2. The predicted octanol–water partition coefficient (Wildman–Crippen LogP) is 3.02. The lowest BCUT2D eigenvalue weighted by molar-refractivity contribution is -0.146. The van der Waals surface area contributed by atoms with E-state index in [0.29, 0.717) is 0 Å². The second-order valence-corrected chi connectivity index (χ2v) is 9.83. The Bertz CT molecular complexity index is 934. The number of rotatable bonds is 9. The summed E-state index contributed by atoms with van der Waals surface area (Å²) in [5.41, 5.74) is -0.632. The summed E-state index contributed by atoms with van der Waals surface area (Å²) in [7, 11) is -4.38. The van der Waals surface area contributed by atoms with Crippen molar-refractivity contribution in [3.05, 3.63) is 29.8 Å². The molecule has 2 unspecified atom stereocenters. The van der Waals surface area contributed by atoms with E-state index in [1.165, 1.54) is 12.1 Å². The molecule has 2 atom stereocenters. The van der Waals surface area contributed by atoms with Crippen LogP contribution < -0.4 is 9.99 Å². The second kappa shape index (κ2) is 10.6. The van der Waals surface area contributed by atoms with E-state index in [1.807, 2.05) is 0 Å². The number of benzene rings is 1. The van der Waals surface area contributed by atoms with E-state index in [0.717, 1.165) is 9.34 Å². The Kier molecular flexibility index (Phi) is 8.44. The molecule has 0 saturated heterocycles. The number of amides is 2. The molecule has 176 valence electrons. The van der Waals surface area contributed by atoms with Gasteiger partial charge in [-0.25, -0.2) is 4.79 Å². The van der Waals surface area contributed by atoms with Crippen LogP contribution in [0.1, 0.15) is 45.0 Å². The van der Waals surface area contributed by atoms with E-state index in [-0.39, 0.29) is 36.9 Å². The van der Waals surface area contributed by atoms with E-state index in [9.17, 15) is 23.7 Å². The molecule has 2 amide bonds. The highest BCUT2D eigenvalue weighted by atomic mass is 31.2. The first-order valence-electron chi connectivity index (χ1n) is 10.6. The second-order valence-electron chi connectivity index (χ2n) is 7.37. The monoisotopic (exact) mass is 467 g/mol. The van der Waals surface area contributed by atoms with E-state index in [1.54, 1.807) is 46.8 Å². The number of esters is 2. The van der Waals surface area contributed by atoms with Gasteiger partial charge < -0.3 is 14.8 Å². The van der Waals surface area contributed by atoms with Gasteiger partial charge >= 0.3 is 25.0 Å². The first kappa shape index (κ1) is 25.4. The highest BCUT2D eigenvalue weighted by molar-refractivity contribution is 7.80. The van der Waals surface area contributed by atoms with Crippen LogP contribution in [-0.4, -0.2) is 60.5 Å². The summed E-state index contributed by atoms with van der Waals surface area (Å²) in [4.78, 5) is 51.3. The Labute approximate surface area is 187 Å². The molecule has 1 aromatic rings. The van der Waals surface area contributed by atoms with Crippen LogP contribution in [0.5, 0.6) is 0 Å². The van der Waals surface area contributed by atoms with Crippen molar-refractivity contribution in [2.45, 2.75) is 40.7 Å². The van der Waals surface area contributed by atoms with Gasteiger partial charge in [0.05, 0.1) is 24.5 Å². The number of ether oxygens (including phenoxy) is 2. The van der Waals surface area contributed by atoms with Crippen molar-refractivity contribution in [2.24, 2.45) is 5.92 Å². The zero-order valence-electron chi connectivity index (χ0n) is 19.0. The molecule has 0 bridgehead atoms. The average molecular weight is 467 g/mol. The van der Waals surface area contributed by atoms with Gasteiger partial charge in [-0.1, -0.05) is 26.0 Å². The predicted molar refractivity (Wildman–Crippen MR) is 119 cm³/mol. The summed E-state index contributed by atoms with van der Waals surface area (Å²) in [6, 6.07) is 5.23. The summed E-state index contributed by atoms with van der Waals surface area (Å²) >= 11 is 0. The number of fused-ring (bicyclic) bond motifs is 1. The van der Waals surface area contributed by atoms with Crippen LogP contribution in [0.4, 0.5) is 10.5 Å². The molecule has 1 aliphatic heterocycles. The summed E-state index contributed by atoms with van der Waals surface area (Å²) < 4.78 is 26.4. The van der Waals surface area contributed by atoms with Gasteiger partial charge in [-0.3, -0.25) is 28.3 Å². The maximum Gasteiger partial charge on any atom is 0.351 e. The molecule has 0 spiro atoms. The SMILES string of the molecule is CCOC(=O)CN1c2ccccc2C(=O)N(CC)P1(=O)C(=O)NC(C(=O)OCC)C(C)C. The van der Waals surface area contributed by atoms with Crippen molar-refractivity contribution >= 4 is 36.6 Å². The molecule has 11 heteroatoms. The minimum Gasteiger partial charge on any atom is -0.465 e. The highest BCUT2D eigenvalue weighted by Crippen LogP contribution is 2.60. The van der Waals surface area contributed by atoms with Gasteiger partial charge in [0.25, 0.3) is 5.91 Å². The van der Waals surface area contributed by atoms with Crippen molar-refractivity contribution in [3.8, 4) is 0 Å². The van der Waals surface area contributed by atoms with E-state index in [2.05, 4.69) is 5.32 Å². The summed E-state index contributed by atoms with van der Waals surface area (Å²) in [6.45, 7) is 7.89. The zero-order chi connectivity index (χ0) is 24.1. The third-order valence-electron chi connectivity index (χ3n) is 4.94. The summed E-state index contributed by atoms with van der Waals surface area (Å²) in [5.74, 6) is -2.34. The van der Waals surface area contributed by atoms with Crippen LogP contribution in [0.2, 0.25) is 0 Å². The van der Waals surface area contributed by atoms with Gasteiger partial charge in [0, 0.05) is 6.54 Å². The maximum atomic E-state index is 14.3. The van der Waals surface area contributed by atoms with Crippen LogP contribution in [0.3, 0.4) is 0 Å². The largest absolute Gasteiger partial charge is 0.465 e. The molecule has 0 radical (unpaired) electrons. The first-order chi connectivity index (χ1) is 15.1. The van der Waals surface area contributed by atoms with Crippen LogP contribution in [0, 0.1) is 5.92 Å². The fraction of sp³-hybridized carbons (Fsp3) is 0.524. The number of carbonyl (C=O) groups is 4. The molecule has 0 aromatic heterocycles. The number of carbonyl (C=O) groups excluding carboxylic acids is 4. The van der Waals surface area contributed by atoms with Crippen molar-refractivity contribution in [2.75, 3.05) is 31.0 Å². The molecule has 2 rings (SSSR count). The summed E-state index contributed by atoms with van der Waals surface area (Å²) in [6.07, 6.45) is 0. The minimum atomic E-state index is -4.38. The molecule has 1 aromatic carbocycles. The molecule has 32 heavy (non-hydrogen) atoms. The van der Waals surface area contributed by atoms with Crippen molar-refractivity contribution in [1.29, 1.82) is 0 Å². The third kappa shape index (κ3) is 4.80. The van der Waals surface area contributed by atoms with Crippen LogP contribution in [-0.2, 0) is 23.6 Å². The molecule has 0 saturated carbocycles. The molecule has 10 nitrogen and oxygen atoms in total. The van der Waals surface area contributed by atoms with Crippen molar-refractivity contribution in [3.63, 3.8) is 0 Å². The lowest BCUT2D eigenvalue weighted by Crippen LogP contribution is -2.52. The van der Waals surface area contributed by atoms with E-state index in [4.69, 9.17) is 9.47 Å². The molecule has 0 aliphatic carbocycles. The van der Waals surface area contributed by atoms with Crippen molar-refractivity contribution < 1.29 is 33.2 Å². The fourth-order valence-electron chi connectivity index (χ4n) is 3.43. The Morgan fingerprint density at radius 3 is 2.22 bits per heavy atom. The maximum absolute atomic E-state index is 14.3. The molecular formula is C21H30N3O7P. The Morgan fingerprint density at radius 1 is 1.03 bits per heavy atom.